The predicted molar refractivity (Wildman–Crippen MR) is 146 cm³/mol. The molecule has 0 unspecified atom stereocenters. The van der Waals surface area contributed by atoms with E-state index >= 15 is 0 Å². The van der Waals surface area contributed by atoms with E-state index in [0.717, 1.165) is 74.8 Å². The number of hydrogen-bond donors (Lipinski definition) is 3. The van der Waals surface area contributed by atoms with Gasteiger partial charge >= 0.3 is 0 Å². The molecule has 10 nitrogen and oxygen atoms in total. The fraction of sp³-hybridized carbons (Fsp3) is 0.286. The Morgan fingerprint density at radius 2 is 1.89 bits per heavy atom. The third kappa shape index (κ3) is 4.22. The first kappa shape index (κ1) is 22.7. The van der Waals surface area contributed by atoms with Crippen LogP contribution in [0.2, 0.25) is 0 Å². The largest absolute Gasteiger partial charge is 0.335 e. The van der Waals surface area contributed by atoms with E-state index < -0.39 is 0 Å². The van der Waals surface area contributed by atoms with Crippen molar-refractivity contribution in [3.05, 3.63) is 66.9 Å². The molecule has 1 fully saturated rings. The van der Waals surface area contributed by atoms with Crippen LogP contribution in [0.3, 0.4) is 0 Å². The maximum Gasteiger partial charge on any atom is 0.159 e. The predicted octanol–water partition coefficient (Wildman–Crippen LogP) is 4.73. The van der Waals surface area contributed by atoms with Gasteiger partial charge in [0.05, 0.1) is 53.0 Å². The topological polar surface area (TPSA) is 126 Å². The second-order valence-corrected chi connectivity index (χ2v) is 10.1. The average Bonchev–Trinajstić information content (AvgIpc) is 3.74. The fourth-order valence-corrected chi connectivity index (χ4v) is 5.39. The van der Waals surface area contributed by atoms with Gasteiger partial charge in [-0.2, -0.15) is 5.10 Å². The summed E-state index contributed by atoms with van der Waals surface area (Å²) in [5, 5.41) is 12.2. The Bertz CT molecular complexity index is 1740. The van der Waals surface area contributed by atoms with E-state index in [2.05, 4.69) is 46.5 Å². The second-order valence-electron chi connectivity index (χ2n) is 10.1. The molecule has 0 aromatic carbocycles. The molecule has 7 rings (SSSR count). The number of aryl methyl sites for hydroxylation is 1. The molecular formula is C28H28N10. The number of hydrogen-bond acceptors (Lipinski definition) is 7. The van der Waals surface area contributed by atoms with Crippen molar-refractivity contribution in [3.63, 3.8) is 0 Å². The number of aromatic amines is 2. The van der Waals surface area contributed by atoms with Crippen molar-refractivity contribution >= 4 is 21.9 Å². The first-order chi connectivity index (χ1) is 18.7. The molecule has 3 N–H and O–H groups in total. The van der Waals surface area contributed by atoms with E-state index in [1.165, 1.54) is 25.7 Å². The fourth-order valence-electron chi connectivity index (χ4n) is 5.39. The average molecular weight is 505 g/mol. The lowest BCUT2D eigenvalue weighted by molar-refractivity contribution is 0.489. The molecule has 0 spiro atoms. The van der Waals surface area contributed by atoms with E-state index in [0.29, 0.717) is 5.82 Å². The monoisotopic (exact) mass is 504 g/mol. The Morgan fingerprint density at radius 3 is 2.76 bits per heavy atom. The van der Waals surface area contributed by atoms with Gasteiger partial charge in [0.25, 0.3) is 0 Å². The molecule has 190 valence electrons. The maximum absolute atomic E-state index is 4.91. The molecule has 38 heavy (non-hydrogen) atoms. The molecule has 0 atom stereocenters. The summed E-state index contributed by atoms with van der Waals surface area (Å²) in [6, 6.07) is 4.21. The van der Waals surface area contributed by atoms with Crippen LogP contribution in [-0.4, -0.2) is 51.2 Å². The summed E-state index contributed by atoms with van der Waals surface area (Å²) in [6.45, 7) is 3.84. The quantitative estimate of drug-likeness (QED) is 0.287. The van der Waals surface area contributed by atoms with Crippen molar-refractivity contribution in [3.8, 4) is 28.5 Å². The van der Waals surface area contributed by atoms with Crippen LogP contribution in [0.4, 0.5) is 0 Å². The lowest BCUT2D eigenvalue weighted by Crippen LogP contribution is -2.20. The Morgan fingerprint density at radius 1 is 1.00 bits per heavy atom. The molecule has 1 aliphatic rings. The van der Waals surface area contributed by atoms with Crippen LogP contribution in [0, 0.1) is 12.8 Å². The smallest absolute Gasteiger partial charge is 0.159 e. The number of nitrogens with one attached hydrogen (secondary N) is 3. The summed E-state index contributed by atoms with van der Waals surface area (Å²) in [4.78, 5) is 26.2. The number of nitrogens with zero attached hydrogens (tertiary/aromatic N) is 7. The van der Waals surface area contributed by atoms with E-state index in [-0.39, 0.29) is 0 Å². The zero-order valence-electron chi connectivity index (χ0n) is 21.1. The minimum absolute atomic E-state index is 0.664. The third-order valence-electron chi connectivity index (χ3n) is 7.36. The lowest BCUT2D eigenvalue weighted by atomic mass is 10.1. The molecule has 6 heterocycles. The summed E-state index contributed by atoms with van der Waals surface area (Å²) < 4.78 is 1.93. The third-order valence-corrected chi connectivity index (χ3v) is 7.36. The number of pyridine rings is 3. The number of H-pyrrole nitrogens is 2. The van der Waals surface area contributed by atoms with Crippen molar-refractivity contribution in [2.45, 2.75) is 39.2 Å². The SMILES string of the molecule is Cc1cn(-c2cncc3[nH]c(-c4n[nH]c5cnc(-c6cncc(CNCC7CCCC7)c6)cc45)nc23)cn1. The highest BCUT2D eigenvalue weighted by Crippen LogP contribution is 2.30. The molecule has 0 radical (unpaired) electrons. The van der Waals surface area contributed by atoms with E-state index in [1.807, 2.05) is 42.3 Å². The van der Waals surface area contributed by atoms with Crippen molar-refractivity contribution < 1.29 is 0 Å². The molecule has 0 aliphatic heterocycles. The summed E-state index contributed by atoms with van der Waals surface area (Å²) in [6.07, 6.45) is 18.3. The van der Waals surface area contributed by atoms with Crippen molar-refractivity contribution in [2.75, 3.05) is 6.54 Å². The molecule has 6 aromatic rings. The zero-order chi connectivity index (χ0) is 25.5. The Kier molecular flexibility index (Phi) is 5.66. The molecule has 0 bridgehead atoms. The lowest BCUT2D eigenvalue weighted by Gasteiger charge is -2.11. The highest BCUT2D eigenvalue weighted by atomic mass is 15.1. The van der Waals surface area contributed by atoms with Crippen molar-refractivity contribution in [1.29, 1.82) is 0 Å². The van der Waals surface area contributed by atoms with Gasteiger partial charge in [0.15, 0.2) is 5.82 Å². The van der Waals surface area contributed by atoms with Gasteiger partial charge in [-0.1, -0.05) is 12.8 Å². The van der Waals surface area contributed by atoms with Crippen LogP contribution in [0.5, 0.6) is 0 Å². The molecule has 10 heteroatoms. The minimum Gasteiger partial charge on any atom is -0.335 e. The minimum atomic E-state index is 0.664. The van der Waals surface area contributed by atoms with Crippen LogP contribution in [0.15, 0.2) is 55.6 Å². The van der Waals surface area contributed by atoms with Gasteiger partial charge in [-0.05, 0) is 49.9 Å². The van der Waals surface area contributed by atoms with Crippen LogP contribution in [-0.2, 0) is 6.54 Å². The van der Waals surface area contributed by atoms with E-state index in [1.54, 1.807) is 18.7 Å². The van der Waals surface area contributed by atoms with Crippen LogP contribution in [0.1, 0.15) is 36.9 Å². The molecule has 1 aliphatic carbocycles. The number of imidazole rings is 2. The standard InChI is InChI=1S/C28H28N10/c1-17-15-38(16-33-17)25-14-31-12-24-27(25)35-28(34-24)26-21-7-22(32-13-23(21)36-37-26)20-6-19(10-30-11-20)9-29-8-18-4-2-3-5-18/h6-7,10-16,18,29H,2-5,8-9H2,1H3,(H,34,35)(H,36,37). The normalized spacial score (nSPS) is 14.2. The first-order valence-electron chi connectivity index (χ1n) is 13.1. The van der Waals surface area contributed by atoms with Gasteiger partial charge in [-0.3, -0.25) is 20.1 Å². The first-order valence-corrected chi connectivity index (χ1v) is 13.1. The highest BCUT2D eigenvalue weighted by Gasteiger charge is 2.17. The van der Waals surface area contributed by atoms with Gasteiger partial charge in [0.2, 0.25) is 0 Å². The van der Waals surface area contributed by atoms with Crippen LogP contribution in [0.25, 0.3) is 50.4 Å². The zero-order valence-corrected chi connectivity index (χ0v) is 21.1. The number of aromatic nitrogens is 9. The molecule has 6 aromatic heterocycles. The summed E-state index contributed by atoms with van der Waals surface area (Å²) in [5.74, 6) is 1.47. The van der Waals surface area contributed by atoms with Gasteiger partial charge in [0.1, 0.15) is 11.2 Å². The summed E-state index contributed by atoms with van der Waals surface area (Å²) in [5.41, 5.74) is 7.97. The Balaban J connectivity index is 1.20. The maximum atomic E-state index is 4.91. The van der Waals surface area contributed by atoms with E-state index in [4.69, 9.17) is 4.98 Å². The van der Waals surface area contributed by atoms with Gasteiger partial charge in [-0.15, -0.1) is 0 Å². The Hall–Kier alpha value is -4.44. The van der Waals surface area contributed by atoms with Gasteiger partial charge < -0.3 is 14.9 Å². The summed E-state index contributed by atoms with van der Waals surface area (Å²) in [7, 11) is 0. The van der Waals surface area contributed by atoms with Gasteiger partial charge in [-0.25, -0.2) is 9.97 Å². The van der Waals surface area contributed by atoms with Crippen molar-refractivity contribution in [2.24, 2.45) is 5.92 Å². The molecule has 0 saturated heterocycles. The highest BCUT2D eigenvalue weighted by molar-refractivity contribution is 5.95. The van der Waals surface area contributed by atoms with Crippen LogP contribution >= 0.6 is 0 Å². The Labute approximate surface area is 219 Å². The molecule has 1 saturated carbocycles. The molecule has 0 amide bonds. The molecular weight excluding hydrogens is 476 g/mol. The van der Waals surface area contributed by atoms with E-state index in [9.17, 15) is 0 Å². The number of fused-ring (bicyclic) bond motifs is 2. The van der Waals surface area contributed by atoms with Crippen molar-refractivity contribution in [1.82, 2.24) is 50.0 Å². The number of rotatable bonds is 7. The van der Waals surface area contributed by atoms with Crippen LogP contribution < -0.4 is 5.32 Å². The summed E-state index contributed by atoms with van der Waals surface area (Å²) >= 11 is 0. The second kappa shape index (κ2) is 9.46. The van der Waals surface area contributed by atoms with Gasteiger partial charge in [0, 0.05) is 36.1 Å².